The van der Waals surface area contributed by atoms with Crippen LogP contribution in [-0.2, 0) is 12.8 Å². The lowest BCUT2D eigenvalue weighted by Gasteiger charge is -1.96. The molecule has 0 aromatic carbocycles. The minimum absolute atomic E-state index is 0.609. The lowest BCUT2D eigenvalue weighted by molar-refractivity contribution is 0.431. The van der Waals surface area contributed by atoms with Gasteiger partial charge in [0.1, 0.15) is 34.6 Å². The molecule has 0 unspecified atom stereocenters. The van der Waals surface area contributed by atoms with E-state index in [9.17, 15) is 0 Å². The average Bonchev–Trinajstić information content (AvgIpc) is 3.33. The van der Waals surface area contributed by atoms with Crippen molar-refractivity contribution in [1.82, 2.24) is 0 Å². The van der Waals surface area contributed by atoms with Gasteiger partial charge in [-0.15, -0.1) is 0 Å². The molecule has 0 bridgehead atoms. The molecule has 27 heavy (non-hydrogen) atoms. The molecule has 4 heterocycles. The van der Waals surface area contributed by atoms with E-state index in [-0.39, 0.29) is 0 Å². The Morgan fingerprint density at radius 1 is 0.630 bits per heavy atom. The minimum Gasteiger partial charge on any atom is -0.466 e. The van der Waals surface area contributed by atoms with Gasteiger partial charge in [-0.2, -0.15) is 0 Å². The second kappa shape index (κ2) is 6.69. The Morgan fingerprint density at radius 2 is 1.37 bits per heavy atom. The molecule has 0 aliphatic carbocycles. The number of aryl methyl sites for hydroxylation is 5. The second-order valence-electron chi connectivity index (χ2n) is 7.26. The maximum atomic E-state index is 6.07. The fourth-order valence-electron chi connectivity index (χ4n) is 3.33. The van der Waals surface area contributed by atoms with Crippen molar-refractivity contribution >= 4 is 0 Å². The highest BCUT2D eigenvalue weighted by molar-refractivity contribution is 5.57. The van der Waals surface area contributed by atoms with Crippen molar-refractivity contribution < 1.29 is 17.7 Å². The van der Waals surface area contributed by atoms with Crippen molar-refractivity contribution in [2.24, 2.45) is 0 Å². The predicted octanol–water partition coefficient (Wildman–Crippen LogP) is 6.45. The number of rotatable bonds is 5. The Labute approximate surface area is 158 Å². The molecule has 0 amide bonds. The number of furan rings is 4. The highest BCUT2D eigenvalue weighted by atomic mass is 16.4. The largest absolute Gasteiger partial charge is 0.466 e. The summed E-state index contributed by atoms with van der Waals surface area (Å²) >= 11 is 0. The van der Waals surface area contributed by atoms with E-state index in [1.807, 2.05) is 45.9 Å². The molecule has 4 aromatic heterocycles. The van der Waals surface area contributed by atoms with Crippen LogP contribution in [0.3, 0.4) is 0 Å². The van der Waals surface area contributed by atoms with E-state index in [0.717, 1.165) is 62.8 Å². The van der Waals surface area contributed by atoms with Crippen LogP contribution in [-0.4, -0.2) is 0 Å². The molecule has 0 aliphatic rings. The van der Waals surface area contributed by atoms with Gasteiger partial charge in [0, 0.05) is 0 Å². The first kappa shape index (κ1) is 17.5. The second-order valence-corrected chi connectivity index (χ2v) is 7.26. The third-order valence-electron chi connectivity index (χ3n) is 4.91. The first-order valence-corrected chi connectivity index (χ1v) is 9.19. The van der Waals surface area contributed by atoms with Crippen LogP contribution in [0.1, 0.15) is 51.3 Å². The summed E-state index contributed by atoms with van der Waals surface area (Å²) in [5.74, 6) is 6.99. The van der Waals surface area contributed by atoms with Crippen LogP contribution in [0, 0.1) is 34.6 Å². The van der Waals surface area contributed by atoms with E-state index in [1.165, 1.54) is 0 Å². The molecule has 0 spiro atoms. The van der Waals surface area contributed by atoms with Crippen molar-refractivity contribution in [3.05, 3.63) is 81.6 Å². The number of hydrogen-bond donors (Lipinski definition) is 0. The molecular weight excluding hydrogens is 340 g/mol. The van der Waals surface area contributed by atoms with E-state index in [2.05, 4.69) is 19.1 Å². The van der Waals surface area contributed by atoms with Gasteiger partial charge >= 0.3 is 0 Å². The van der Waals surface area contributed by atoms with E-state index in [1.54, 1.807) is 0 Å². The smallest absolute Gasteiger partial charge is 0.172 e. The summed E-state index contributed by atoms with van der Waals surface area (Å²) in [5.41, 5.74) is 3.31. The van der Waals surface area contributed by atoms with Crippen LogP contribution in [0.2, 0.25) is 0 Å². The Kier molecular flexibility index (Phi) is 4.34. The molecule has 4 heteroatoms. The van der Waals surface area contributed by atoms with Crippen molar-refractivity contribution in [2.75, 3.05) is 0 Å². The monoisotopic (exact) mass is 364 g/mol. The molecule has 4 aromatic rings. The lowest BCUT2D eigenvalue weighted by Crippen LogP contribution is -1.85. The van der Waals surface area contributed by atoms with Gasteiger partial charge in [0.2, 0.25) is 0 Å². The highest BCUT2D eigenvalue weighted by Crippen LogP contribution is 2.31. The minimum atomic E-state index is 0.609. The molecule has 0 aliphatic heterocycles. The summed E-state index contributed by atoms with van der Waals surface area (Å²) < 4.78 is 23.6. The van der Waals surface area contributed by atoms with Gasteiger partial charge in [0.05, 0.1) is 12.8 Å². The molecular formula is C23H24O4. The fraction of sp³-hybridized carbons (Fsp3) is 0.304. The average molecular weight is 364 g/mol. The highest BCUT2D eigenvalue weighted by Gasteiger charge is 2.17. The van der Waals surface area contributed by atoms with Crippen LogP contribution >= 0.6 is 0 Å². The molecule has 4 nitrogen and oxygen atoms in total. The fourth-order valence-corrected chi connectivity index (χ4v) is 3.33. The van der Waals surface area contributed by atoms with Gasteiger partial charge in [0.25, 0.3) is 0 Å². The van der Waals surface area contributed by atoms with E-state index in [4.69, 9.17) is 17.7 Å². The quantitative estimate of drug-likeness (QED) is 0.408. The van der Waals surface area contributed by atoms with Gasteiger partial charge in [-0.25, -0.2) is 0 Å². The summed E-state index contributed by atoms with van der Waals surface area (Å²) in [7, 11) is 0. The lowest BCUT2D eigenvalue weighted by atomic mass is 10.1. The van der Waals surface area contributed by atoms with Gasteiger partial charge in [-0.05, 0) is 81.6 Å². The molecule has 0 fully saturated rings. The molecule has 4 rings (SSSR count). The van der Waals surface area contributed by atoms with Crippen LogP contribution in [0.5, 0.6) is 0 Å². The summed E-state index contributed by atoms with van der Waals surface area (Å²) in [6, 6.07) is 10.1. The van der Waals surface area contributed by atoms with Crippen LogP contribution in [0.15, 0.2) is 48.0 Å². The summed E-state index contributed by atoms with van der Waals surface area (Å²) in [6.07, 6.45) is 1.27. The Balaban J connectivity index is 1.54. The summed E-state index contributed by atoms with van der Waals surface area (Å²) in [6.45, 7) is 10.0. The Hall–Kier alpha value is -2.88. The normalized spacial score (nSPS) is 11.4. The number of hydrogen-bond acceptors (Lipinski definition) is 4. The van der Waals surface area contributed by atoms with E-state index >= 15 is 0 Å². The SMILES string of the molecule is Cc1ccc(Cc2oc(Cc3cc(C)c(-c4cc(C)c(C)o4)o3)cc2C)o1. The molecule has 0 N–H and O–H groups in total. The Morgan fingerprint density at radius 3 is 2.04 bits per heavy atom. The Bertz CT molecular complexity index is 1060. The van der Waals surface area contributed by atoms with E-state index < -0.39 is 0 Å². The van der Waals surface area contributed by atoms with Crippen molar-refractivity contribution in [1.29, 1.82) is 0 Å². The van der Waals surface area contributed by atoms with Crippen LogP contribution in [0.4, 0.5) is 0 Å². The molecule has 0 atom stereocenters. The molecule has 140 valence electrons. The maximum Gasteiger partial charge on any atom is 0.172 e. The van der Waals surface area contributed by atoms with Crippen LogP contribution < -0.4 is 0 Å². The van der Waals surface area contributed by atoms with Gasteiger partial charge < -0.3 is 17.7 Å². The van der Waals surface area contributed by atoms with Crippen molar-refractivity contribution in [2.45, 2.75) is 47.5 Å². The zero-order valence-corrected chi connectivity index (χ0v) is 16.4. The third kappa shape index (κ3) is 3.52. The molecule has 0 radical (unpaired) electrons. The third-order valence-corrected chi connectivity index (χ3v) is 4.91. The topological polar surface area (TPSA) is 52.6 Å². The first-order valence-electron chi connectivity index (χ1n) is 9.19. The van der Waals surface area contributed by atoms with Crippen LogP contribution in [0.25, 0.3) is 11.5 Å². The predicted molar refractivity (Wildman–Crippen MR) is 103 cm³/mol. The van der Waals surface area contributed by atoms with E-state index in [0.29, 0.717) is 12.8 Å². The van der Waals surface area contributed by atoms with Crippen molar-refractivity contribution in [3.8, 4) is 11.5 Å². The van der Waals surface area contributed by atoms with Gasteiger partial charge in [-0.1, -0.05) is 0 Å². The summed E-state index contributed by atoms with van der Waals surface area (Å²) in [4.78, 5) is 0. The molecule has 0 saturated heterocycles. The maximum absolute atomic E-state index is 6.07. The van der Waals surface area contributed by atoms with Gasteiger partial charge in [0.15, 0.2) is 11.5 Å². The van der Waals surface area contributed by atoms with Crippen molar-refractivity contribution in [3.63, 3.8) is 0 Å². The summed E-state index contributed by atoms with van der Waals surface area (Å²) in [5, 5.41) is 0. The standard InChI is InChI=1S/C23H24O4/c1-13-10-22(25-17(13)5)23-15(3)9-20(27-23)11-19-8-14(2)21(26-19)12-18-7-6-16(4)24-18/h6-10H,11-12H2,1-5H3. The first-order chi connectivity index (χ1) is 12.9. The zero-order valence-electron chi connectivity index (χ0n) is 16.4. The molecule has 0 saturated carbocycles. The van der Waals surface area contributed by atoms with Gasteiger partial charge in [-0.3, -0.25) is 0 Å². The zero-order chi connectivity index (χ0) is 19.1.